The summed E-state index contributed by atoms with van der Waals surface area (Å²) in [6.45, 7) is 19.2. The van der Waals surface area contributed by atoms with Crippen LogP contribution in [0.4, 0.5) is 0 Å². The van der Waals surface area contributed by atoms with Gasteiger partial charge in [0.2, 0.25) is 0 Å². The molecule has 1 fully saturated rings. The average molecular weight is 448 g/mol. The molecule has 1 aromatic heterocycles. The molecule has 3 N–H and O–H groups in total. The Morgan fingerprint density at radius 2 is 1.94 bits per heavy atom. The summed E-state index contributed by atoms with van der Waals surface area (Å²) < 4.78 is 0. The number of carbonyl (C=O) groups is 1. The smallest absolute Gasteiger partial charge is 0.152 e. The zero-order valence-electron chi connectivity index (χ0n) is 21.3. The van der Waals surface area contributed by atoms with E-state index in [1.54, 1.807) is 6.08 Å². The molecule has 0 spiro atoms. The van der Waals surface area contributed by atoms with Gasteiger partial charge in [0.15, 0.2) is 6.29 Å². The molecule has 0 amide bonds. The molecule has 1 aromatic carbocycles. The molecular weight excluding hydrogens is 406 g/mol. The minimum absolute atomic E-state index is 0.346. The summed E-state index contributed by atoms with van der Waals surface area (Å²) in [5.74, 6) is 0.760. The molecule has 0 aliphatic carbocycles. The second-order valence-corrected chi connectivity index (χ2v) is 10.5. The van der Waals surface area contributed by atoms with Crippen LogP contribution in [0.2, 0.25) is 0 Å². The highest BCUT2D eigenvalue weighted by atomic mass is 16.1. The van der Waals surface area contributed by atoms with Crippen LogP contribution in [0, 0.1) is 19.8 Å². The first-order valence-electron chi connectivity index (χ1n) is 12.2. The molecule has 178 valence electrons. The van der Waals surface area contributed by atoms with Crippen LogP contribution >= 0.6 is 0 Å². The highest BCUT2D eigenvalue weighted by Gasteiger charge is 2.31. The van der Waals surface area contributed by atoms with E-state index in [4.69, 9.17) is 5.73 Å². The number of likely N-dealkylation sites (tertiary alicyclic amines) is 1. The lowest BCUT2D eigenvalue weighted by atomic mass is 9.77. The van der Waals surface area contributed by atoms with Crippen LogP contribution in [0.3, 0.4) is 0 Å². The summed E-state index contributed by atoms with van der Waals surface area (Å²) in [6, 6.07) is 7.53. The second-order valence-electron chi connectivity index (χ2n) is 10.5. The van der Waals surface area contributed by atoms with Crippen molar-refractivity contribution in [1.29, 1.82) is 0 Å². The van der Waals surface area contributed by atoms with Gasteiger partial charge in [0.25, 0.3) is 0 Å². The molecule has 0 atom stereocenters. The monoisotopic (exact) mass is 447 g/mol. The summed E-state index contributed by atoms with van der Waals surface area (Å²) in [5, 5.41) is 0. The number of H-pyrrole nitrogens is 1. The van der Waals surface area contributed by atoms with Crippen molar-refractivity contribution in [3.63, 3.8) is 0 Å². The van der Waals surface area contributed by atoms with E-state index in [0.29, 0.717) is 17.3 Å². The SMILES string of the molecule is C=C/C(N)=C\c1[nH]c(C(C)(C)c2ccc(CC3CCN(C(C)C)CC3)cc2C)c(C=O)c1C. The van der Waals surface area contributed by atoms with E-state index < -0.39 is 0 Å². The lowest BCUT2D eigenvalue weighted by molar-refractivity contribution is 0.112. The fourth-order valence-corrected chi connectivity index (χ4v) is 5.33. The van der Waals surface area contributed by atoms with Crippen molar-refractivity contribution in [2.45, 2.75) is 72.3 Å². The fourth-order valence-electron chi connectivity index (χ4n) is 5.33. The molecule has 33 heavy (non-hydrogen) atoms. The Kier molecular flexibility index (Phi) is 7.69. The van der Waals surface area contributed by atoms with E-state index >= 15 is 0 Å². The van der Waals surface area contributed by atoms with Crippen molar-refractivity contribution in [3.8, 4) is 0 Å². The Morgan fingerprint density at radius 1 is 1.27 bits per heavy atom. The van der Waals surface area contributed by atoms with Gasteiger partial charge in [0.1, 0.15) is 0 Å². The Balaban J connectivity index is 1.85. The molecule has 3 rings (SSSR count). The Bertz CT molecular complexity index is 1030. The van der Waals surface area contributed by atoms with E-state index in [0.717, 1.165) is 35.6 Å². The molecule has 4 heteroatoms. The normalized spacial score (nSPS) is 16.4. The fraction of sp³-hybridized carbons (Fsp3) is 0.483. The first kappa shape index (κ1) is 25.0. The van der Waals surface area contributed by atoms with Gasteiger partial charge >= 0.3 is 0 Å². The lowest BCUT2D eigenvalue weighted by Gasteiger charge is -2.34. The van der Waals surface area contributed by atoms with Crippen molar-refractivity contribution in [3.05, 3.63) is 75.8 Å². The van der Waals surface area contributed by atoms with Crippen LogP contribution in [0.25, 0.3) is 6.08 Å². The van der Waals surface area contributed by atoms with Crippen LogP contribution in [0.15, 0.2) is 36.6 Å². The summed E-state index contributed by atoms with van der Waals surface area (Å²) in [7, 11) is 0. The number of nitrogens with two attached hydrogens (primary N) is 1. The van der Waals surface area contributed by atoms with Gasteiger partial charge in [-0.25, -0.2) is 0 Å². The van der Waals surface area contributed by atoms with Gasteiger partial charge in [-0.2, -0.15) is 0 Å². The maximum atomic E-state index is 12.0. The molecule has 1 aliphatic rings. The summed E-state index contributed by atoms with van der Waals surface area (Å²) in [6.07, 6.45) is 8.11. The van der Waals surface area contributed by atoms with Gasteiger partial charge in [-0.3, -0.25) is 4.79 Å². The number of nitrogens with zero attached hydrogens (tertiary/aromatic N) is 1. The third-order valence-electron chi connectivity index (χ3n) is 7.49. The number of aryl methyl sites for hydroxylation is 1. The number of aldehydes is 1. The van der Waals surface area contributed by atoms with E-state index in [2.05, 4.69) is 69.3 Å². The number of carbonyl (C=O) groups excluding carboxylic acids is 1. The molecule has 0 radical (unpaired) electrons. The topological polar surface area (TPSA) is 62.1 Å². The van der Waals surface area contributed by atoms with Crippen LogP contribution in [0.1, 0.15) is 84.5 Å². The van der Waals surface area contributed by atoms with Gasteiger partial charge in [-0.1, -0.05) is 38.6 Å². The van der Waals surface area contributed by atoms with Crippen molar-refractivity contribution in [2.24, 2.45) is 11.7 Å². The number of benzene rings is 1. The van der Waals surface area contributed by atoms with E-state index in [9.17, 15) is 4.79 Å². The minimum atomic E-state index is -0.346. The number of rotatable bonds is 8. The highest BCUT2D eigenvalue weighted by Crippen LogP contribution is 2.37. The Hall–Kier alpha value is -2.59. The standard InChI is InChI=1S/C29H41N3O/c1-8-24(30)17-27-21(5)25(18-33)28(31-27)29(6,7)26-10-9-23(15-20(26)4)16-22-11-13-32(14-12-22)19(2)3/h8-10,15,17-19,22,31H,1,11-14,16,30H2,2-7H3/b24-17+. The third kappa shape index (κ3) is 5.33. The van der Waals surface area contributed by atoms with E-state index in [1.165, 1.54) is 42.6 Å². The maximum Gasteiger partial charge on any atom is 0.152 e. The van der Waals surface area contributed by atoms with Crippen LogP contribution < -0.4 is 5.73 Å². The first-order chi connectivity index (χ1) is 15.6. The molecule has 0 saturated carbocycles. The van der Waals surface area contributed by atoms with Gasteiger partial charge < -0.3 is 15.6 Å². The number of hydrogen-bond donors (Lipinski definition) is 2. The van der Waals surface area contributed by atoms with Crippen LogP contribution in [-0.4, -0.2) is 35.3 Å². The van der Waals surface area contributed by atoms with Crippen molar-refractivity contribution < 1.29 is 4.79 Å². The minimum Gasteiger partial charge on any atom is -0.399 e. The van der Waals surface area contributed by atoms with E-state index in [-0.39, 0.29) is 5.41 Å². The highest BCUT2D eigenvalue weighted by molar-refractivity contribution is 5.83. The number of piperidine rings is 1. The largest absolute Gasteiger partial charge is 0.399 e. The van der Waals surface area contributed by atoms with E-state index in [1.807, 2.05) is 13.0 Å². The molecule has 1 aliphatic heterocycles. The van der Waals surface area contributed by atoms with Gasteiger partial charge in [0.05, 0.1) is 0 Å². The lowest BCUT2D eigenvalue weighted by Crippen LogP contribution is -2.38. The molecule has 1 saturated heterocycles. The molecule has 2 aromatic rings. The second kappa shape index (κ2) is 10.1. The molecule has 4 nitrogen and oxygen atoms in total. The predicted octanol–water partition coefficient (Wildman–Crippen LogP) is 5.92. The molecule has 2 heterocycles. The first-order valence-corrected chi connectivity index (χ1v) is 12.2. The number of aromatic amines is 1. The third-order valence-corrected chi connectivity index (χ3v) is 7.49. The summed E-state index contributed by atoms with van der Waals surface area (Å²) in [5.41, 5.74) is 13.5. The number of aromatic nitrogens is 1. The van der Waals surface area contributed by atoms with Crippen LogP contribution in [0.5, 0.6) is 0 Å². The summed E-state index contributed by atoms with van der Waals surface area (Å²) >= 11 is 0. The predicted molar refractivity (Wildman–Crippen MR) is 140 cm³/mol. The van der Waals surface area contributed by atoms with Gasteiger partial charge in [-0.05, 0) is 100 Å². The number of hydrogen-bond acceptors (Lipinski definition) is 3. The zero-order chi connectivity index (χ0) is 24.3. The van der Waals surface area contributed by atoms with Gasteiger partial charge in [0, 0.05) is 34.1 Å². The maximum absolute atomic E-state index is 12.0. The van der Waals surface area contributed by atoms with Gasteiger partial charge in [-0.15, -0.1) is 0 Å². The Morgan fingerprint density at radius 3 is 2.48 bits per heavy atom. The van der Waals surface area contributed by atoms with Crippen molar-refractivity contribution >= 4 is 12.4 Å². The Labute approximate surface area is 200 Å². The zero-order valence-corrected chi connectivity index (χ0v) is 21.3. The number of nitrogens with one attached hydrogen (secondary N) is 1. The molecule has 0 unspecified atom stereocenters. The average Bonchev–Trinajstić information content (AvgIpc) is 3.09. The molecule has 0 bridgehead atoms. The summed E-state index contributed by atoms with van der Waals surface area (Å²) in [4.78, 5) is 18.1. The van der Waals surface area contributed by atoms with Crippen LogP contribution in [-0.2, 0) is 11.8 Å². The number of allylic oxidation sites excluding steroid dienone is 1. The van der Waals surface area contributed by atoms with Crippen molar-refractivity contribution in [2.75, 3.05) is 13.1 Å². The molecular formula is C29H41N3O. The van der Waals surface area contributed by atoms with Crippen molar-refractivity contribution in [1.82, 2.24) is 9.88 Å². The quantitative estimate of drug-likeness (QED) is 0.390.